The zero-order valence-electron chi connectivity index (χ0n) is 11.9. The fourth-order valence-electron chi connectivity index (χ4n) is 2.48. The number of halogens is 1. The molecule has 0 aromatic heterocycles. The quantitative estimate of drug-likeness (QED) is 0.878. The highest BCUT2D eigenvalue weighted by Gasteiger charge is 2.15. The van der Waals surface area contributed by atoms with Crippen LogP contribution in [-0.2, 0) is 10.8 Å². The van der Waals surface area contributed by atoms with E-state index in [0.29, 0.717) is 0 Å². The van der Waals surface area contributed by atoms with Crippen molar-refractivity contribution >= 4 is 16.8 Å². The Bertz CT molecular complexity index is 504. The second-order valence-electron chi connectivity index (χ2n) is 5.22. The van der Waals surface area contributed by atoms with Crippen molar-refractivity contribution < 1.29 is 13.4 Å². The molecule has 0 aliphatic heterocycles. The Morgan fingerprint density at radius 3 is 2.67 bits per heavy atom. The molecule has 1 aliphatic carbocycles. The van der Waals surface area contributed by atoms with Gasteiger partial charge in [-0.1, -0.05) is 31.4 Å². The average molecular weight is 312 g/mol. The molecule has 1 fully saturated rings. The van der Waals surface area contributed by atoms with Gasteiger partial charge < -0.3 is 10.6 Å². The molecule has 0 heterocycles. The molecule has 0 spiro atoms. The zero-order valence-corrected chi connectivity index (χ0v) is 12.8. The molecule has 2 N–H and O–H groups in total. The summed E-state index contributed by atoms with van der Waals surface area (Å²) in [4.78, 5) is 11.9. The molecule has 0 bridgehead atoms. The third-order valence-corrected chi connectivity index (χ3v) is 4.99. The van der Waals surface area contributed by atoms with Gasteiger partial charge >= 0.3 is 6.03 Å². The highest BCUT2D eigenvalue weighted by Crippen LogP contribution is 2.17. The summed E-state index contributed by atoms with van der Waals surface area (Å²) in [5.41, 5.74) is 0. The molecule has 21 heavy (non-hydrogen) atoms. The molecule has 1 aromatic rings. The Balaban J connectivity index is 1.70. The molecule has 1 aromatic carbocycles. The summed E-state index contributed by atoms with van der Waals surface area (Å²) in [6.07, 6.45) is 5.59. The molecule has 2 rings (SSSR count). The van der Waals surface area contributed by atoms with Gasteiger partial charge in [-0.15, -0.1) is 0 Å². The van der Waals surface area contributed by atoms with Crippen LogP contribution in [0.15, 0.2) is 29.2 Å². The predicted molar refractivity (Wildman–Crippen MR) is 81.1 cm³/mol. The normalized spacial score (nSPS) is 17.2. The van der Waals surface area contributed by atoms with Crippen molar-refractivity contribution in [2.45, 2.75) is 43.0 Å². The minimum absolute atomic E-state index is 0.187. The van der Waals surface area contributed by atoms with Gasteiger partial charge in [0.15, 0.2) is 0 Å². The van der Waals surface area contributed by atoms with Crippen LogP contribution in [0.3, 0.4) is 0 Å². The van der Waals surface area contributed by atoms with Crippen LogP contribution in [0.5, 0.6) is 0 Å². The first-order valence-corrected chi connectivity index (χ1v) is 8.66. The third-order valence-electron chi connectivity index (χ3n) is 3.60. The Hall–Kier alpha value is -1.43. The van der Waals surface area contributed by atoms with Crippen molar-refractivity contribution in [2.24, 2.45) is 0 Å². The molecule has 0 saturated heterocycles. The van der Waals surface area contributed by atoms with Crippen LogP contribution in [0.1, 0.15) is 32.1 Å². The summed E-state index contributed by atoms with van der Waals surface area (Å²) in [5, 5.41) is 5.61. The standard InChI is InChI=1S/C15H21FN2O2S/c16-13-8-4-5-9-14(13)21(20)11-10-17-15(19)18-12-6-2-1-3-7-12/h4-5,8-9,12H,1-3,6-7,10-11H2,(H2,17,18,19)/t21-/m0/s1. The van der Waals surface area contributed by atoms with Crippen LogP contribution >= 0.6 is 0 Å². The van der Waals surface area contributed by atoms with Crippen molar-refractivity contribution in [3.05, 3.63) is 30.1 Å². The first-order valence-electron chi connectivity index (χ1n) is 7.34. The number of rotatable bonds is 5. The molecule has 116 valence electrons. The van der Waals surface area contributed by atoms with Crippen LogP contribution in [0.25, 0.3) is 0 Å². The van der Waals surface area contributed by atoms with E-state index in [1.807, 2.05) is 0 Å². The van der Waals surface area contributed by atoms with Crippen LogP contribution in [0.4, 0.5) is 9.18 Å². The molecule has 4 nitrogen and oxygen atoms in total. The number of urea groups is 1. The first kappa shape index (κ1) is 15.9. The second-order valence-corrected chi connectivity index (χ2v) is 6.75. The lowest BCUT2D eigenvalue weighted by Gasteiger charge is -2.22. The molecule has 0 radical (unpaired) electrons. The van der Waals surface area contributed by atoms with Gasteiger partial charge in [-0.3, -0.25) is 4.21 Å². The number of carbonyl (C=O) groups is 1. The highest BCUT2D eigenvalue weighted by atomic mass is 32.2. The zero-order chi connectivity index (χ0) is 15.1. The van der Waals surface area contributed by atoms with Gasteiger partial charge in [0, 0.05) is 18.3 Å². The summed E-state index contributed by atoms with van der Waals surface area (Å²) in [6, 6.07) is 6.03. The lowest BCUT2D eigenvalue weighted by Crippen LogP contribution is -2.43. The van der Waals surface area contributed by atoms with Crippen molar-refractivity contribution in [2.75, 3.05) is 12.3 Å². The van der Waals surface area contributed by atoms with Crippen LogP contribution < -0.4 is 10.6 Å². The fourth-order valence-corrected chi connectivity index (χ4v) is 3.50. The smallest absolute Gasteiger partial charge is 0.315 e. The van der Waals surface area contributed by atoms with E-state index in [1.165, 1.54) is 18.6 Å². The maximum atomic E-state index is 13.4. The van der Waals surface area contributed by atoms with Crippen LogP contribution in [-0.4, -0.2) is 28.6 Å². The highest BCUT2D eigenvalue weighted by molar-refractivity contribution is 7.85. The minimum atomic E-state index is -1.44. The number of hydrogen-bond acceptors (Lipinski definition) is 2. The van der Waals surface area contributed by atoms with Gasteiger partial charge in [0.05, 0.1) is 15.7 Å². The van der Waals surface area contributed by atoms with Gasteiger partial charge in [-0.05, 0) is 25.0 Å². The summed E-state index contributed by atoms with van der Waals surface area (Å²) in [6.45, 7) is 0.263. The molecule has 1 atom stereocenters. The Morgan fingerprint density at radius 2 is 1.95 bits per heavy atom. The summed E-state index contributed by atoms with van der Waals surface area (Å²) in [5.74, 6) is -0.263. The van der Waals surface area contributed by atoms with Gasteiger partial charge in [0.1, 0.15) is 5.82 Å². The first-order chi connectivity index (χ1) is 10.2. The van der Waals surface area contributed by atoms with Gasteiger partial charge in [0.2, 0.25) is 0 Å². The second kappa shape index (κ2) is 8.12. The van der Waals surface area contributed by atoms with E-state index in [9.17, 15) is 13.4 Å². The van der Waals surface area contributed by atoms with Crippen LogP contribution in [0, 0.1) is 5.82 Å². The lowest BCUT2D eigenvalue weighted by molar-refractivity contribution is 0.233. The average Bonchev–Trinajstić information content (AvgIpc) is 2.48. The van der Waals surface area contributed by atoms with Crippen molar-refractivity contribution in [1.82, 2.24) is 10.6 Å². The molecule has 1 aliphatic rings. The van der Waals surface area contributed by atoms with E-state index in [0.717, 1.165) is 25.7 Å². The van der Waals surface area contributed by atoms with E-state index in [2.05, 4.69) is 10.6 Å². The van der Waals surface area contributed by atoms with Crippen molar-refractivity contribution in [3.63, 3.8) is 0 Å². The van der Waals surface area contributed by atoms with E-state index in [-0.39, 0.29) is 29.3 Å². The molecule has 0 unspecified atom stereocenters. The largest absolute Gasteiger partial charge is 0.337 e. The Kier molecular flexibility index (Phi) is 6.17. The molecular weight excluding hydrogens is 291 g/mol. The molecule has 6 heteroatoms. The van der Waals surface area contributed by atoms with Gasteiger partial charge in [0.25, 0.3) is 0 Å². The Labute approximate surface area is 127 Å². The number of amides is 2. The van der Waals surface area contributed by atoms with E-state index >= 15 is 0 Å². The van der Waals surface area contributed by atoms with E-state index < -0.39 is 16.6 Å². The minimum Gasteiger partial charge on any atom is -0.337 e. The monoisotopic (exact) mass is 312 g/mol. The maximum Gasteiger partial charge on any atom is 0.315 e. The number of nitrogens with one attached hydrogen (secondary N) is 2. The SMILES string of the molecule is O=C(NCC[S@](=O)c1ccccc1F)NC1CCCCC1. The number of benzene rings is 1. The summed E-state index contributed by atoms with van der Waals surface area (Å²) < 4.78 is 25.4. The lowest BCUT2D eigenvalue weighted by atomic mass is 9.96. The summed E-state index contributed by atoms with van der Waals surface area (Å²) in [7, 11) is -1.44. The molecular formula is C15H21FN2O2S. The predicted octanol–water partition coefficient (Wildman–Crippen LogP) is 2.57. The number of carbonyl (C=O) groups excluding carboxylic acids is 1. The fraction of sp³-hybridized carbons (Fsp3) is 0.533. The topological polar surface area (TPSA) is 58.2 Å². The van der Waals surface area contributed by atoms with Gasteiger partial charge in [-0.2, -0.15) is 0 Å². The van der Waals surface area contributed by atoms with Gasteiger partial charge in [-0.25, -0.2) is 9.18 Å². The maximum absolute atomic E-state index is 13.4. The third kappa shape index (κ3) is 5.12. The van der Waals surface area contributed by atoms with Crippen LogP contribution in [0.2, 0.25) is 0 Å². The molecule has 1 saturated carbocycles. The summed E-state index contributed by atoms with van der Waals surface area (Å²) >= 11 is 0. The number of hydrogen-bond donors (Lipinski definition) is 2. The van der Waals surface area contributed by atoms with Crippen molar-refractivity contribution in [1.29, 1.82) is 0 Å². The van der Waals surface area contributed by atoms with E-state index in [4.69, 9.17) is 0 Å². The van der Waals surface area contributed by atoms with E-state index in [1.54, 1.807) is 12.1 Å². The van der Waals surface area contributed by atoms with Crippen molar-refractivity contribution in [3.8, 4) is 0 Å². The molecule has 2 amide bonds. The Morgan fingerprint density at radius 1 is 1.24 bits per heavy atom.